The van der Waals surface area contributed by atoms with Gasteiger partial charge in [-0.05, 0) is 24.5 Å². The van der Waals surface area contributed by atoms with Crippen molar-refractivity contribution in [1.29, 1.82) is 0 Å². The van der Waals surface area contributed by atoms with Gasteiger partial charge in [0.2, 0.25) is 0 Å². The largest absolute Gasteiger partial charge is 0.369 e. The predicted octanol–water partition coefficient (Wildman–Crippen LogP) is 1.78. The van der Waals surface area contributed by atoms with Crippen molar-refractivity contribution >= 4 is 5.69 Å². The number of aliphatic hydroxyl groups is 1. The molecule has 1 atom stereocenters. The number of nitrogens with zero attached hydrogens (tertiary/aromatic N) is 3. The quantitative estimate of drug-likeness (QED) is 0.830. The van der Waals surface area contributed by atoms with E-state index in [9.17, 15) is 5.11 Å². The summed E-state index contributed by atoms with van der Waals surface area (Å²) in [6.07, 6.45) is 4.12. The maximum atomic E-state index is 10.5. The number of hydrogen-bond donors (Lipinski definition) is 1. The number of rotatable bonds is 1. The van der Waals surface area contributed by atoms with E-state index < -0.39 is 6.23 Å². The van der Waals surface area contributed by atoms with Crippen molar-refractivity contribution in [2.75, 3.05) is 11.4 Å². The van der Waals surface area contributed by atoms with E-state index in [0.717, 1.165) is 24.2 Å². The van der Waals surface area contributed by atoms with Crippen molar-refractivity contribution in [3.05, 3.63) is 47.3 Å². The third-order valence-electron chi connectivity index (χ3n) is 3.65. The van der Waals surface area contributed by atoms with E-state index in [1.807, 2.05) is 30.3 Å². The molecular formula is C14H17N3O. The predicted molar refractivity (Wildman–Crippen MR) is 70.4 cm³/mol. The SMILES string of the molecule is Cc1cccc2c1CCN(c1cnn(C)c1)C2O. The molecule has 1 N–H and O–H groups in total. The van der Waals surface area contributed by atoms with E-state index in [4.69, 9.17) is 0 Å². The molecule has 1 aliphatic rings. The third-order valence-corrected chi connectivity index (χ3v) is 3.65. The molecule has 4 nitrogen and oxygen atoms in total. The Kier molecular flexibility index (Phi) is 2.59. The number of aryl methyl sites for hydroxylation is 2. The van der Waals surface area contributed by atoms with Gasteiger partial charge in [-0.2, -0.15) is 5.10 Å². The summed E-state index contributed by atoms with van der Waals surface area (Å²) in [7, 11) is 1.89. The van der Waals surface area contributed by atoms with Crippen molar-refractivity contribution in [2.24, 2.45) is 7.05 Å². The molecule has 0 saturated carbocycles. The van der Waals surface area contributed by atoms with Crippen LogP contribution in [0, 0.1) is 6.92 Å². The number of benzene rings is 1. The molecule has 3 rings (SSSR count). The highest BCUT2D eigenvalue weighted by Gasteiger charge is 2.26. The second-order valence-corrected chi connectivity index (χ2v) is 4.83. The van der Waals surface area contributed by atoms with Crippen molar-refractivity contribution in [1.82, 2.24) is 9.78 Å². The van der Waals surface area contributed by atoms with Gasteiger partial charge >= 0.3 is 0 Å². The second-order valence-electron chi connectivity index (χ2n) is 4.83. The number of fused-ring (bicyclic) bond motifs is 1. The van der Waals surface area contributed by atoms with Crippen LogP contribution in [-0.2, 0) is 13.5 Å². The van der Waals surface area contributed by atoms with Gasteiger partial charge in [-0.3, -0.25) is 4.68 Å². The molecule has 0 radical (unpaired) electrons. The smallest absolute Gasteiger partial charge is 0.153 e. The van der Waals surface area contributed by atoms with E-state index in [2.05, 4.69) is 18.1 Å². The van der Waals surface area contributed by atoms with Gasteiger partial charge in [0.1, 0.15) is 0 Å². The topological polar surface area (TPSA) is 41.3 Å². The van der Waals surface area contributed by atoms with Crippen LogP contribution in [0.2, 0.25) is 0 Å². The highest BCUT2D eigenvalue weighted by atomic mass is 16.3. The zero-order valence-electron chi connectivity index (χ0n) is 10.7. The van der Waals surface area contributed by atoms with Crippen LogP contribution in [0.4, 0.5) is 5.69 Å². The summed E-state index contributed by atoms with van der Waals surface area (Å²) in [6, 6.07) is 6.12. The van der Waals surface area contributed by atoms with E-state index in [-0.39, 0.29) is 0 Å². The van der Waals surface area contributed by atoms with Gasteiger partial charge in [0.15, 0.2) is 6.23 Å². The van der Waals surface area contributed by atoms with Crippen LogP contribution < -0.4 is 4.90 Å². The lowest BCUT2D eigenvalue weighted by Gasteiger charge is -2.35. The Labute approximate surface area is 106 Å². The summed E-state index contributed by atoms with van der Waals surface area (Å²) >= 11 is 0. The molecule has 0 aliphatic carbocycles. The zero-order chi connectivity index (χ0) is 12.7. The lowest BCUT2D eigenvalue weighted by molar-refractivity contribution is 0.164. The standard InChI is InChI=1S/C14H17N3O/c1-10-4-3-5-13-12(10)6-7-17(14(13)18)11-8-15-16(2)9-11/h3-5,8-9,14,18H,6-7H2,1-2H3. The molecule has 4 heteroatoms. The minimum atomic E-state index is -0.571. The summed E-state index contributed by atoms with van der Waals surface area (Å²) < 4.78 is 1.76. The Morgan fingerprint density at radius 2 is 2.22 bits per heavy atom. The molecule has 0 spiro atoms. The molecule has 94 valence electrons. The van der Waals surface area contributed by atoms with Crippen LogP contribution in [0.5, 0.6) is 0 Å². The average Bonchev–Trinajstić information content (AvgIpc) is 2.77. The summed E-state index contributed by atoms with van der Waals surface area (Å²) in [5.74, 6) is 0. The Morgan fingerprint density at radius 1 is 1.39 bits per heavy atom. The molecular weight excluding hydrogens is 226 g/mol. The number of anilines is 1. The van der Waals surface area contributed by atoms with E-state index in [1.165, 1.54) is 11.1 Å². The molecule has 1 aromatic carbocycles. The van der Waals surface area contributed by atoms with Gasteiger partial charge in [-0.1, -0.05) is 18.2 Å². The first kappa shape index (κ1) is 11.3. The average molecular weight is 243 g/mol. The number of aromatic nitrogens is 2. The van der Waals surface area contributed by atoms with Crippen LogP contribution in [-0.4, -0.2) is 21.4 Å². The van der Waals surface area contributed by atoms with E-state index in [0.29, 0.717) is 0 Å². The summed E-state index contributed by atoms with van der Waals surface area (Å²) in [5.41, 5.74) is 4.53. The summed E-state index contributed by atoms with van der Waals surface area (Å²) in [4.78, 5) is 1.99. The number of hydrogen-bond acceptors (Lipinski definition) is 3. The normalized spacial score (nSPS) is 18.8. The van der Waals surface area contributed by atoms with Gasteiger partial charge in [0.25, 0.3) is 0 Å². The van der Waals surface area contributed by atoms with E-state index >= 15 is 0 Å². The molecule has 2 aromatic rings. The fourth-order valence-corrected chi connectivity index (χ4v) is 2.66. The van der Waals surface area contributed by atoms with Crippen LogP contribution in [0.3, 0.4) is 0 Å². The number of aliphatic hydroxyl groups excluding tert-OH is 1. The first-order valence-corrected chi connectivity index (χ1v) is 6.18. The lowest BCUT2D eigenvalue weighted by Crippen LogP contribution is -2.35. The second kappa shape index (κ2) is 4.14. The molecule has 2 heterocycles. The molecule has 1 unspecified atom stereocenters. The Balaban J connectivity index is 1.99. The van der Waals surface area contributed by atoms with Gasteiger partial charge in [-0.25, -0.2) is 0 Å². The van der Waals surface area contributed by atoms with E-state index in [1.54, 1.807) is 10.9 Å². The minimum Gasteiger partial charge on any atom is -0.369 e. The van der Waals surface area contributed by atoms with Crippen molar-refractivity contribution in [3.8, 4) is 0 Å². The maximum absolute atomic E-state index is 10.5. The first-order chi connectivity index (χ1) is 8.66. The van der Waals surface area contributed by atoms with Crippen molar-refractivity contribution in [3.63, 3.8) is 0 Å². The fourth-order valence-electron chi connectivity index (χ4n) is 2.66. The Hall–Kier alpha value is -1.81. The van der Waals surface area contributed by atoms with Crippen LogP contribution in [0.1, 0.15) is 22.9 Å². The molecule has 0 fully saturated rings. The highest BCUT2D eigenvalue weighted by molar-refractivity contribution is 5.50. The van der Waals surface area contributed by atoms with Crippen LogP contribution >= 0.6 is 0 Å². The molecule has 1 aliphatic heterocycles. The zero-order valence-corrected chi connectivity index (χ0v) is 10.7. The maximum Gasteiger partial charge on any atom is 0.153 e. The van der Waals surface area contributed by atoms with Crippen molar-refractivity contribution in [2.45, 2.75) is 19.6 Å². The van der Waals surface area contributed by atoms with Gasteiger partial charge in [0, 0.05) is 25.4 Å². The first-order valence-electron chi connectivity index (χ1n) is 6.18. The molecule has 1 aromatic heterocycles. The monoisotopic (exact) mass is 243 g/mol. The van der Waals surface area contributed by atoms with Crippen LogP contribution in [0.25, 0.3) is 0 Å². The Morgan fingerprint density at radius 3 is 2.94 bits per heavy atom. The molecule has 0 amide bonds. The van der Waals surface area contributed by atoms with Gasteiger partial charge in [-0.15, -0.1) is 0 Å². The van der Waals surface area contributed by atoms with Crippen LogP contribution in [0.15, 0.2) is 30.6 Å². The molecule has 18 heavy (non-hydrogen) atoms. The van der Waals surface area contributed by atoms with Gasteiger partial charge < -0.3 is 10.0 Å². The Bertz CT molecular complexity index is 576. The van der Waals surface area contributed by atoms with Gasteiger partial charge in [0.05, 0.1) is 11.9 Å². The lowest BCUT2D eigenvalue weighted by atomic mass is 9.94. The third kappa shape index (κ3) is 1.69. The minimum absolute atomic E-state index is 0.571. The molecule has 0 saturated heterocycles. The van der Waals surface area contributed by atoms with Crippen molar-refractivity contribution < 1.29 is 5.11 Å². The highest BCUT2D eigenvalue weighted by Crippen LogP contribution is 2.32. The summed E-state index contributed by atoms with van der Waals surface area (Å²) in [5, 5.41) is 14.7. The molecule has 0 bridgehead atoms. The fraction of sp³-hybridized carbons (Fsp3) is 0.357. The summed E-state index contributed by atoms with van der Waals surface area (Å²) in [6.45, 7) is 2.93.